The fourth-order valence-electron chi connectivity index (χ4n) is 1.39. The van der Waals surface area contributed by atoms with Gasteiger partial charge in [0.05, 0.1) is 11.5 Å². The highest BCUT2D eigenvalue weighted by Gasteiger charge is 2.07. The maximum atomic E-state index is 10.5. The van der Waals surface area contributed by atoms with E-state index in [2.05, 4.69) is 26.1 Å². The average molecular weight is 252 g/mol. The molecule has 100 valence electrons. The van der Waals surface area contributed by atoms with E-state index >= 15 is 0 Å². The zero-order chi connectivity index (χ0) is 13.6. The van der Waals surface area contributed by atoms with Crippen molar-refractivity contribution in [3.63, 3.8) is 0 Å². The van der Waals surface area contributed by atoms with Gasteiger partial charge in [-0.3, -0.25) is 10.1 Å². The molecule has 18 heavy (non-hydrogen) atoms. The van der Waals surface area contributed by atoms with Gasteiger partial charge in [0, 0.05) is 17.7 Å². The Balaban J connectivity index is 2.25. The normalized spacial score (nSPS) is 11.3. The van der Waals surface area contributed by atoms with Crippen molar-refractivity contribution in [2.75, 3.05) is 13.2 Å². The summed E-state index contributed by atoms with van der Waals surface area (Å²) >= 11 is 0. The molecule has 0 fully saturated rings. The molecule has 0 aliphatic carbocycles. The topological polar surface area (TPSA) is 64.4 Å². The van der Waals surface area contributed by atoms with Gasteiger partial charge in [0.1, 0.15) is 5.75 Å². The second-order valence-corrected chi connectivity index (χ2v) is 5.13. The van der Waals surface area contributed by atoms with Crippen LogP contribution in [0.1, 0.15) is 27.2 Å². The molecule has 0 atom stereocenters. The van der Waals surface area contributed by atoms with E-state index in [1.165, 1.54) is 12.1 Å². The van der Waals surface area contributed by atoms with Gasteiger partial charge in [0.25, 0.3) is 5.69 Å². The van der Waals surface area contributed by atoms with Crippen LogP contribution in [0.25, 0.3) is 0 Å². The van der Waals surface area contributed by atoms with Gasteiger partial charge in [0.2, 0.25) is 0 Å². The van der Waals surface area contributed by atoms with Gasteiger partial charge in [-0.1, -0.05) is 0 Å². The van der Waals surface area contributed by atoms with Crippen LogP contribution >= 0.6 is 0 Å². The lowest BCUT2D eigenvalue weighted by molar-refractivity contribution is -0.384. The summed E-state index contributed by atoms with van der Waals surface area (Å²) < 4.78 is 5.49. The van der Waals surface area contributed by atoms with Crippen molar-refractivity contribution in [2.45, 2.75) is 32.7 Å². The average Bonchev–Trinajstić information content (AvgIpc) is 2.27. The van der Waals surface area contributed by atoms with Crippen LogP contribution in [0.15, 0.2) is 24.3 Å². The van der Waals surface area contributed by atoms with Crippen molar-refractivity contribution >= 4 is 5.69 Å². The molecule has 5 nitrogen and oxygen atoms in total. The summed E-state index contributed by atoms with van der Waals surface area (Å²) in [6.45, 7) is 7.83. The van der Waals surface area contributed by atoms with Crippen molar-refractivity contribution in [3.05, 3.63) is 34.4 Å². The standard InChI is InChI=1S/C13H20N2O3/c1-13(2,3)14-9-4-10-18-12-7-5-11(6-8-12)15(16)17/h5-8,14H,4,9-10H2,1-3H3. The van der Waals surface area contributed by atoms with Crippen LogP contribution in [0.5, 0.6) is 5.75 Å². The Morgan fingerprint density at radius 2 is 1.89 bits per heavy atom. The molecule has 0 aliphatic rings. The molecular weight excluding hydrogens is 232 g/mol. The molecule has 0 saturated carbocycles. The van der Waals surface area contributed by atoms with Gasteiger partial charge in [-0.25, -0.2) is 0 Å². The van der Waals surface area contributed by atoms with E-state index in [1.807, 2.05) is 0 Å². The Labute approximate surface area is 107 Å². The zero-order valence-corrected chi connectivity index (χ0v) is 11.1. The third kappa shape index (κ3) is 5.63. The number of hydrogen-bond acceptors (Lipinski definition) is 4. The lowest BCUT2D eigenvalue weighted by Crippen LogP contribution is -2.36. The molecule has 0 heterocycles. The number of benzene rings is 1. The van der Waals surface area contributed by atoms with Crippen molar-refractivity contribution in [1.29, 1.82) is 0 Å². The molecular formula is C13H20N2O3. The minimum Gasteiger partial charge on any atom is -0.494 e. The summed E-state index contributed by atoms with van der Waals surface area (Å²) in [5, 5.41) is 13.8. The Morgan fingerprint density at radius 1 is 1.28 bits per heavy atom. The van der Waals surface area contributed by atoms with E-state index in [4.69, 9.17) is 4.74 Å². The highest BCUT2D eigenvalue weighted by Crippen LogP contribution is 2.17. The molecule has 0 bridgehead atoms. The van der Waals surface area contributed by atoms with E-state index in [1.54, 1.807) is 12.1 Å². The first-order chi connectivity index (χ1) is 8.38. The number of nitrogens with one attached hydrogen (secondary N) is 1. The van der Waals surface area contributed by atoms with Crippen LogP contribution < -0.4 is 10.1 Å². The van der Waals surface area contributed by atoms with Crippen molar-refractivity contribution in [3.8, 4) is 5.75 Å². The smallest absolute Gasteiger partial charge is 0.269 e. The van der Waals surface area contributed by atoms with E-state index in [-0.39, 0.29) is 11.2 Å². The molecule has 5 heteroatoms. The number of nitro groups is 1. The van der Waals surface area contributed by atoms with Gasteiger partial charge in [-0.05, 0) is 45.9 Å². The maximum absolute atomic E-state index is 10.5. The van der Waals surface area contributed by atoms with Gasteiger partial charge in [-0.15, -0.1) is 0 Å². The molecule has 0 radical (unpaired) electrons. The van der Waals surface area contributed by atoms with E-state index in [0.29, 0.717) is 12.4 Å². The second kappa shape index (κ2) is 6.35. The molecule has 1 rings (SSSR count). The molecule has 0 saturated heterocycles. The molecule has 0 unspecified atom stereocenters. The number of hydrogen-bond donors (Lipinski definition) is 1. The fraction of sp³-hybridized carbons (Fsp3) is 0.538. The number of nitrogens with zero attached hydrogens (tertiary/aromatic N) is 1. The lowest BCUT2D eigenvalue weighted by Gasteiger charge is -2.20. The summed E-state index contributed by atoms with van der Waals surface area (Å²) in [5.74, 6) is 0.663. The third-order valence-electron chi connectivity index (χ3n) is 2.29. The highest BCUT2D eigenvalue weighted by atomic mass is 16.6. The largest absolute Gasteiger partial charge is 0.494 e. The lowest BCUT2D eigenvalue weighted by atomic mass is 10.1. The van der Waals surface area contributed by atoms with Crippen molar-refractivity contribution in [2.24, 2.45) is 0 Å². The first-order valence-electron chi connectivity index (χ1n) is 6.01. The van der Waals surface area contributed by atoms with Gasteiger partial charge < -0.3 is 10.1 Å². The second-order valence-electron chi connectivity index (χ2n) is 5.13. The van der Waals surface area contributed by atoms with Crippen molar-refractivity contribution < 1.29 is 9.66 Å². The summed E-state index contributed by atoms with van der Waals surface area (Å²) in [6.07, 6.45) is 0.897. The van der Waals surface area contributed by atoms with Crippen molar-refractivity contribution in [1.82, 2.24) is 5.32 Å². The molecule has 1 N–H and O–H groups in total. The fourth-order valence-corrected chi connectivity index (χ4v) is 1.39. The van der Waals surface area contributed by atoms with Crippen LogP contribution in [0.4, 0.5) is 5.69 Å². The first kappa shape index (κ1) is 14.4. The molecule has 0 spiro atoms. The predicted octanol–water partition coefficient (Wildman–Crippen LogP) is 2.75. The third-order valence-corrected chi connectivity index (χ3v) is 2.29. The maximum Gasteiger partial charge on any atom is 0.269 e. The molecule has 1 aromatic rings. The van der Waals surface area contributed by atoms with E-state index in [9.17, 15) is 10.1 Å². The van der Waals surface area contributed by atoms with Gasteiger partial charge in [-0.2, -0.15) is 0 Å². The molecule has 0 aromatic heterocycles. The zero-order valence-electron chi connectivity index (χ0n) is 11.1. The molecule has 0 aliphatic heterocycles. The quantitative estimate of drug-likeness (QED) is 0.480. The Kier molecular flexibility index (Phi) is 5.09. The summed E-state index contributed by atoms with van der Waals surface area (Å²) in [5.41, 5.74) is 0.199. The number of ether oxygens (including phenoxy) is 1. The first-order valence-corrected chi connectivity index (χ1v) is 6.01. The number of nitro benzene ring substituents is 1. The van der Waals surface area contributed by atoms with E-state index in [0.717, 1.165) is 13.0 Å². The van der Waals surface area contributed by atoms with Crippen LogP contribution in [0.2, 0.25) is 0 Å². The molecule has 1 aromatic carbocycles. The summed E-state index contributed by atoms with van der Waals surface area (Å²) in [7, 11) is 0. The minimum absolute atomic E-state index is 0.0803. The molecule has 0 amide bonds. The number of rotatable bonds is 6. The SMILES string of the molecule is CC(C)(C)NCCCOc1ccc([N+](=O)[O-])cc1. The van der Waals surface area contributed by atoms with Crippen LogP contribution in [-0.2, 0) is 0 Å². The van der Waals surface area contributed by atoms with Crippen LogP contribution in [0, 0.1) is 10.1 Å². The minimum atomic E-state index is -0.420. The highest BCUT2D eigenvalue weighted by molar-refractivity contribution is 5.35. The summed E-state index contributed by atoms with van der Waals surface area (Å²) in [6, 6.07) is 6.14. The Hall–Kier alpha value is -1.62. The Bertz CT molecular complexity index is 382. The predicted molar refractivity (Wildman–Crippen MR) is 71.0 cm³/mol. The number of non-ortho nitro benzene ring substituents is 1. The van der Waals surface area contributed by atoms with Crippen LogP contribution in [-0.4, -0.2) is 23.6 Å². The van der Waals surface area contributed by atoms with Gasteiger partial charge >= 0.3 is 0 Å². The van der Waals surface area contributed by atoms with Crippen LogP contribution in [0.3, 0.4) is 0 Å². The monoisotopic (exact) mass is 252 g/mol. The Morgan fingerprint density at radius 3 is 2.39 bits per heavy atom. The van der Waals surface area contributed by atoms with Gasteiger partial charge in [0.15, 0.2) is 0 Å². The summed E-state index contributed by atoms with van der Waals surface area (Å²) in [4.78, 5) is 10.0. The van der Waals surface area contributed by atoms with E-state index < -0.39 is 4.92 Å².